The molecule has 0 spiro atoms. The van der Waals surface area contributed by atoms with Gasteiger partial charge in [-0.05, 0) is 38.1 Å². The summed E-state index contributed by atoms with van der Waals surface area (Å²) in [6.07, 6.45) is 0. The normalized spacial score (nSPS) is 11.1. The molecule has 1 rings (SSSR count). The smallest absolute Gasteiger partial charge is 0.483 e. The number of aliphatic hydroxyl groups is 2. The zero-order valence-corrected chi connectivity index (χ0v) is 17.4. The van der Waals surface area contributed by atoms with E-state index in [2.05, 4.69) is 13.4 Å². The number of hydrogen-bond donors (Lipinski definition) is 6. The molecule has 0 bridgehead atoms. The molecule has 0 aromatic heterocycles. The molecular weight excluding hydrogens is 422 g/mol. The summed E-state index contributed by atoms with van der Waals surface area (Å²) in [5.41, 5.74) is 0. The summed E-state index contributed by atoms with van der Waals surface area (Å²) in [5.74, 6) is 0.339. The largest absolute Gasteiger partial charge is 0.508 e. The first-order valence-electron chi connectivity index (χ1n) is 7.97. The van der Waals surface area contributed by atoms with Crippen molar-refractivity contribution in [1.29, 1.82) is 0 Å². The van der Waals surface area contributed by atoms with Crippen molar-refractivity contribution >= 4 is 15.6 Å². The van der Waals surface area contributed by atoms with Gasteiger partial charge in [0.15, 0.2) is 0 Å². The number of benzene rings is 1. The molecular formula is C14H28O12P2. The SMILES string of the molecule is CCOCC.O=P(O)(O)OP(=O)(OCCO)OCCO.Oc1ccc(O)cc1. The van der Waals surface area contributed by atoms with Gasteiger partial charge in [0.2, 0.25) is 0 Å². The molecule has 1 aromatic rings. The molecule has 0 unspecified atom stereocenters. The van der Waals surface area contributed by atoms with Crippen LogP contribution in [0.4, 0.5) is 0 Å². The van der Waals surface area contributed by atoms with Crippen molar-refractivity contribution in [1.82, 2.24) is 0 Å². The van der Waals surface area contributed by atoms with Crippen molar-refractivity contribution in [2.45, 2.75) is 13.8 Å². The maximum atomic E-state index is 11.4. The molecule has 14 heteroatoms. The van der Waals surface area contributed by atoms with Gasteiger partial charge in [-0.3, -0.25) is 9.05 Å². The van der Waals surface area contributed by atoms with Crippen molar-refractivity contribution in [2.75, 3.05) is 39.6 Å². The lowest BCUT2D eigenvalue weighted by Crippen LogP contribution is -2.05. The number of aliphatic hydroxyl groups excluding tert-OH is 2. The number of rotatable bonds is 10. The molecule has 6 N–H and O–H groups in total. The van der Waals surface area contributed by atoms with Gasteiger partial charge in [0.05, 0.1) is 26.4 Å². The first-order valence-corrected chi connectivity index (χ1v) is 11.0. The van der Waals surface area contributed by atoms with Gasteiger partial charge in [-0.25, -0.2) is 9.13 Å². The third-order valence-electron chi connectivity index (χ3n) is 2.15. The van der Waals surface area contributed by atoms with E-state index in [1.54, 1.807) is 0 Å². The summed E-state index contributed by atoms with van der Waals surface area (Å²) in [6, 6.07) is 5.70. The Morgan fingerprint density at radius 1 is 0.821 bits per heavy atom. The molecule has 0 aliphatic rings. The van der Waals surface area contributed by atoms with Crippen LogP contribution in [0.2, 0.25) is 0 Å². The van der Waals surface area contributed by atoms with Gasteiger partial charge in [-0.15, -0.1) is 0 Å². The van der Waals surface area contributed by atoms with E-state index in [9.17, 15) is 9.13 Å². The summed E-state index contributed by atoms with van der Waals surface area (Å²) in [6.45, 7) is 3.64. The van der Waals surface area contributed by atoms with Gasteiger partial charge in [0.25, 0.3) is 0 Å². The van der Waals surface area contributed by atoms with E-state index in [-0.39, 0.29) is 11.5 Å². The van der Waals surface area contributed by atoms with E-state index in [1.807, 2.05) is 13.8 Å². The van der Waals surface area contributed by atoms with Crippen LogP contribution in [-0.2, 0) is 27.2 Å². The molecule has 0 aliphatic carbocycles. The molecule has 0 amide bonds. The lowest BCUT2D eigenvalue weighted by Gasteiger charge is -2.16. The number of phosphoric ester groups is 1. The van der Waals surface area contributed by atoms with Gasteiger partial charge < -0.3 is 34.9 Å². The molecule has 0 radical (unpaired) electrons. The number of phosphoric acid groups is 2. The lowest BCUT2D eigenvalue weighted by molar-refractivity contribution is 0.103. The van der Waals surface area contributed by atoms with E-state index in [4.69, 9.17) is 34.9 Å². The predicted octanol–water partition coefficient (Wildman–Crippen LogP) is 1.36. The van der Waals surface area contributed by atoms with E-state index in [0.717, 1.165) is 13.2 Å². The van der Waals surface area contributed by atoms with Crippen LogP contribution < -0.4 is 0 Å². The first kappa shape index (κ1) is 29.2. The Morgan fingerprint density at radius 2 is 1.18 bits per heavy atom. The molecule has 1 aromatic carbocycles. The average molecular weight is 450 g/mol. The Bertz CT molecular complexity index is 539. The second kappa shape index (κ2) is 16.9. The molecule has 0 heterocycles. The summed E-state index contributed by atoms with van der Waals surface area (Å²) in [7, 11) is -9.50. The van der Waals surface area contributed by atoms with Crippen molar-refractivity contribution in [3.05, 3.63) is 24.3 Å². The standard InChI is InChI=1S/C6H6O2.C4H12O9P2.C4H10O/c7-5-1-2-6(8)4-3-5;5-1-3-11-15(10,12-4-2-6)13-14(7,8)9;1-3-5-4-2/h1-4,7-8H;5-6H,1-4H2,(H2,7,8,9);3-4H2,1-2H3. The van der Waals surface area contributed by atoms with Crippen LogP contribution in [0.3, 0.4) is 0 Å². The van der Waals surface area contributed by atoms with Crippen LogP contribution in [0, 0.1) is 0 Å². The Labute approximate surface area is 163 Å². The second-order valence-corrected chi connectivity index (χ2v) is 7.48. The molecule has 28 heavy (non-hydrogen) atoms. The van der Waals surface area contributed by atoms with Crippen LogP contribution >= 0.6 is 15.6 Å². The minimum Gasteiger partial charge on any atom is -0.508 e. The summed E-state index contributed by atoms with van der Waals surface area (Å²) in [4.78, 5) is 16.8. The molecule has 0 aliphatic heterocycles. The Hall–Kier alpha value is -1.04. The van der Waals surface area contributed by atoms with Crippen LogP contribution in [0.1, 0.15) is 13.8 Å². The monoisotopic (exact) mass is 450 g/mol. The van der Waals surface area contributed by atoms with E-state index >= 15 is 0 Å². The molecule has 0 saturated carbocycles. The predicted molar refractivity (Wildman–Crippen MR) is 98.7 cm³/mol. The number of ether oxygens (including phenoxy) is 1. The van der Waals surface area contributed by atoms with Crippen LogP contribution in [-0.4, -0.2) is 69.9 Å². The third-order valence-corrected chi connectivity index (χ3v) is 4.79. The highest BCUT2D eigenvalue weighted by Crippen LogP contribution is 2.60. The third kappa shape index (κ3) is 19.7. The summed E-state index contributed by atoms with van der Waals surface area (Å²) >= 11 is 0. The maximum absolute atomic E-state index is 11.4. The highest BCUT2D eigenvalue weighted by Gasteiger charge is 2.35. The van der Waals surface area contributed by atoms with Crippen LogP contribution in [0.5, 0.6) is 11.5 Å². The second-order valence-electron chi connectivity index (χ2n) is 4.43. The van der Waals surface area contributed by atoms with Crippen molar-refractivity contribution < 1.29 is 57.4 Å². The van der Waals surface area contributed by atoms with Crippen molar-refractivity contribution in [2.24, 2.45) is 0 Å². The number of hydrogen-bond acceptors (Lipinski definition) is 10. The van der Waals surface area contributed by atoms with Crippen LogP contribution in [0.15, 0.2) is 24.3 Å². The first-order chi connectivity index (χ1) is 13.0. The van der Waals surface area contributed by atoms with E-state index in [0.29, 0.717) is 0 Å². The maximum Gasteiger partial charge on any atom is 0.483 e. The van der Waals surface area contributed by atoms with Gasteiger partial charge in [-0.1, -0.05) is 0 Å². The quantitative estimate of drug-likeness (QED) is 0.222. The van der Waals surface area contributed by atoms with Gasteiger partial charge >= 0.3 is 15.6 Å². The molecule has 166 valence electrons. The lowest BCUT2D eigenvalue weighted by atomic mass is 10.3. The molecule has 0 atom stereocenters. The van der Waals surface area contributed by atoms with Crippen molar-refractivity contribution in [3.63, 3.8) is 0 Å². The molecule has 0 saturated heterocycles. The summed E-state index contributed by atoms with van der Waals surface area (Å²) in [5, 5.41) is 34.0. The number of phenolic OH excluding ortho intramolecular Hbond substituents is 2. The highest BCUT2D eigenvalue weighted by molar-refractivity contribution is 7.61. The fraction of sp³-hybridized carbons (Fsp3) is 0.571. The Kier molecular flexibility index (Phi) is 17.6. The topological polar surface area (TPSA) is 192 Å². The van der Waals surface area contributed by atoms with Gasteiger partial charge in [-0.2, -0.15) is 4.31 Å². The van der Waals surface area contributed by atoms with Crippen molar-refractivity contribution in [3.8, 4) is 11.5 Å². The minimum absolute atomic E-state index is 0.169. The zero-order valence-electron chi connectivity index (χ0n) is 15.6. The number of phenols is 2. The fourth-order valence-electron chi connectivity index (χ4n) is 1.18. The van der Waals surface area contributed by atoms with Gasteiger partial charge in [0, 0.05) is 13.2 Å². The van der Waals surface area contributed by atoms with E-state index in [1.165, 1.54) is 24.3 Å². The minimum atomic E-state index is -5.04. The molecule has 12 nitrogen and oxygen atoms in total. The summed E-state index contributed by atoms with van der Waals surface area (Å²) < 4.78 is 39.0. The Morgan fingerprint density at radius 3 is 1.39 bits per heavy atom. The molecule has 0 fully saturated rings. The number of aromatic hydroxyl groups is 2. The van der Waals surface area contributed by atoms with Crippen LogP contribution in [0.25, 0.3) is 0 Å². The Balaban J connectivity index is 0. The highest BCUT2D eigenvalue weighted by atomic mass is 31.3. The van der Waals surface area contributed by atoms with Gasteiger partial charge in [0.1, 0.15) is 11.5 Å². The fourth-order valence-corrected chi connectivity index (χ4v) is 3.28. The average Bonchev–Trinajstić information content (AvgIpc) is 2.61. The zero-order chi connectivity index (χ0) is 22.1. The van der Waals surface area contributed by atoms with E-state index < -0.39 is 42.1 Å².